The van der Waals surface area contributed by atoms with E-state index >= 15 is 0 Å². The van der Waals surface area contributed by atoms with Crippen LogP contribution in [0, 0.1) is 0 Å². The molecule has 0 radical (unpaired) electrons. The summed E-state index contributed by atoms with van der Waals surface area (Å²) in [6.45, 7) is 1.95. The lowest BCUT2D eigenvalue weighted by atomic mass is 10.1. The summed E-state index contributed by atoms with van der Waals surface area (Å²) < 4.78 is 23.2. The number of halogens is 2. The van der Waals surface area contributed by atoms with Crippen molar-refractivity contribution in [3.63, 3.8) is 0 Å². The zero-order chi connectivity index (χ0) is 16.6. The summed E-state index contributed by atoms with van der Waals surface area (Å²) in [7, 11) is -3.41. The summed E-state index contributed by atoms with van der Waals surface area (Å²) in [6, 6.07) is 3.54. The number of hydrogen-bond acceptors (Lipinski definition) is 6. The van der Waals surface area contributed by atoms with Gasteiger partial charge in [0.1, 0.15) is 10.3 Å². The van der Waals surface area contributed by atoms with Gasteiger partial charge in [0.2, 0.25) is 15.0 Å². The maximum atomic E-state index is 11.6. The fourth-order valence-corrected chi connectivity index (χ4v) is 3.38. The van der Waals surface area contributed by atoms with Crippen LogP contribution >= 0.6 is 23.2 Å². The molecule has 0 saturated heterocycles. The quantitative estimate of drug-likeness (QED) is 0.606. The third kappa shape index (κ3) is 3.80. The van der Waals surface area contributed by atoms with Gasteiger partial charge in [0.15, 0.2) is 0 Å². The summed E-state index contributed by atoms with van der Waals surface area (Å²) in [5.74, 6) is 0. The zero-order valence-electron chi connectivity index (χ0n) is 12.3. The number of rotatable bonds is 3. The van der Waals surface area contributed by atoms with Gasteiger partial charge in [0.25, 0.3) is 0 Å². The van der Waals surface area contributed by atoms with Gasteiger partial charge in [-0.25, -0.2) is 23.4 Å². The number of pyridine rings is 1. The van der Waals surface area contributed by atoms with Gasteiger partial charge < -0.3 is 0 Å². The van der Waals surface area contributed by atoms with E-state index in [2.05, 4.69) is 19.9 Å². The normalized spacial score (nSPS) is 15.4. The monoisotopic (exact) mass is 372 g/mol. The fourth-order valence-electron chi connectivity index (χ4n) is 2.45. The average Bonchev–Trinajstić information content (AvgIpc) is 2.48. The molecule has 1 aliphatic heterocycles. The Balaban J connectivity index is 1.82. The average molecular weight is 373 g/mol. The molecule has 0 unspecified atom stereocenters. The summed E-state index contributed by atoms with van der Waals surface area (Å²) >= 11 is 11.9. The molecule has 0 bridgehead atoms. The van der Waals surface area contributed by atoms with Crippen molar-refractivity contribution in [1.82, 2.24) is 19.9 Å². The molecule has 9 heteroatoms. The molecule has 0 aromatic carbocycles. The molecule has 2 aromatic heterocycles. The van der Waals surface area contributed by atoms with E-state index in [-0.39, 0.29) is 5.16 Å². The van der Waals surface area contributed by atoms with Crippen LogP contribution in [0.15, 0.2) is 23.5 Å². The van der Waals surface area contributed by atoms with Crippen molar-refractivity contribution in [2.24, 2.45) is 0 Å². The Morgan fingerprint density at radius 2 is 2.04 bits per heavy atom. The van der Waals surface area contributed by atoms with E-state index in [9.17, 15) is 8.42 Å². The highest BCUT2D eigenvalue weighted by Gasteiger charge is 2.21. The van der Waals surface area contributed by atoms with E-state index in [1.165, 1.54) is 0 Å². The van der Waals surface area contributed by atoms with Crippen LogP contribution < -0.4 is 0 Å². The van der Waals surface area contributed by atoms with Crippen molar-refractivity contribution in [3.05, 3.63) is 45.5 Å². The number of sulfone groups is 1. The minimum atomic E-state index is -3.41. The Labute approximate surface area is 144 Å². The molecule has 0 saturated carbocycles. The van der Waals surface area contributed by atoms with Gasteiger partial charge in [-0.3, -0.25) is 4.90 Å². The maximum Gasteiger partial charge on any atom is 0.247 e. The predicted molar refractivity (Wildman–Crippen MR) is 87.2 cm³/mol. The molecule has 2 aromatic rings. The molecule has 3 heterocycles. The van der Waals surface area contributed by atoms with E-state index in [4.69, 9.17) is 23.2 Å². The number of nitrogens with zero attached hydrogens (tertiary/aromatic N) is 4. The molecule has 0 spiro atoms. The van der Waals surface area contributed by atoms with Crippen molar-refractivity contribution < 1.29 is 8.42 Å². The molecule has 3 rings (SSSR count). The molecular weight excluding hydrogens is 359 g/mol. The van der Waals surface area contributed by atoms with Crippen molar-refractivity contribution in [2.75, 3.05) is 12.8 Å². The molecule has 0 atom stereocenters. The molecule has 0 fully saturated rings. The van der Waals surface area contributed by atoms with Crippen LogP contribution in [0.25, 0.3) is 0 Å². The van der Waals surface area contributed by atoms with Crippen molar-refractivity contribution in [3.8, 4) is 0 Å². The Morgan fingerprint density at radius 3 is 2.74 bits per heavy atom. The van der Waals surface area contributed by atoms with E-state index in [1.54, 1.807) is 12.3 Å². The number of aromatic nitrogens is 3. The van der Waals surface area contributed by atoms with E-state index < -0.39 is 9.84 Å². The van der Waals surface area contributed by atoms with Crippen LogP contribution in [-0.2, 0) is 29.3 Å². The van der Waals surface area contributed by atoms with Gasteiger partial charge in [-0.15, -0.1) is 0 Å². The van der Waals surface area contributed by atoms with Crippen LogP contribution in [0.4, 0.5) is 0 Å². The van der Waals surface area contributed by atoms with Crippen molar-refractivity contribution in [1.29, 1.82) is 0 Å². The molecular formula is C14H14Cl2N4O2S. The Kier molecular flexibility index (Phi) is 4.55. The van der Waals surface area contributed by atoms with E-state index in [0.29, 0.717) is 23.4 Å². The lowest BCUT2D eigenvalue weighted by molar-refractivity contribution is 0.239. The minimum Gasteiger partial charge on any atom is -0.293 e. The molecule has 0 N–H and O–H groups in total. The van der Waals surface area contributed by atoms with Gasteiger partial charge in [-0.05, 0) is 18.1 Å². The standard InChI is InChI=1S/C14H14Cl2N4O2S/c1-23(21,22)14-17-6-9-4-5-20(8-11(9)18-14)7-10-2-3-12(15)19-13(10)16/h2-3,6H,4-5,7-8H2,1H3. The molecule has 0 amide bonds. The van der Waals surface area contributed by atoms with E-state index in [0.717, 1.165) is 36.0 Å². The second-order valence-electron chi connectivity index (χ2n) is 5.44. The third-order valence-electron chi connectivity index (χ3n) is 3.62. The summed E-state index contributed by atoms with van der Waals surface area (Å²) in [6.07, 6.45) is 3.47. The second kappa shape index (κ2) is 6.32. The first kappa shape index (κ1) is 16.6. The van der Waals surface area contributed by atoms with Crippen LogP contribution in [-0.4, -0.2) is 41.1 Å². The maximum absolute atomic E-state index is 11.6. The molecule has 1 aliphatic rings. The third-order valence-corrected chi connectivity index (χ3v) is 5.02. The van der Waals surface area contributed by atoms with Gasteiger partial charge in [0, 0.05) is 37.7 Å². The highest BCUT2D eigenvalue weighted by Crippen LogP contribution is 2.23. The van der Waals surface area contributed by atoms with Crippen molar-refractivity contribution in [2.45, 2.75) is 24.7 Å². The molecule has 23 heavy (non-hydrogen) atoms. The van der Waals surface area contributed by atoms with Crippen molar-refractivity contribution >= 4 is 33.0 Å². The molecule has 122 valence electrons. The second-order valence-corrected chi connectivity index (χ2v) is 8.10. The van der Waals surface area contributed by atoms with Gasteiger partial charge in [-0.1, -0.05) is 29.3 Å². The molecule has 6 nitrogen and oxygen atoms in total. The minimum absolute atomic E-state index is 0.135. The van der Waals surface area contributed by atoms with Crippen LogP contribution in [0.5, 0.6) is 0 Å². The van der Waals surface area contributed by atoms with E-state index in [1.807, 2.05) is 6.07 Å². The van der Waals surface area contributed by atoms with Gasteiger partial charge in [0.05, 0.1) is 5.69 Å². The van der Waals surface area contributed by atoms with Crippen LogP contribution in [0.2, 0.25) is 10.3 Å². The fraction of sp³-hybridized carbons (Fsp3) is 0.357. The first-order valence-corrected chi connectivity index (χ1v) is 9.56. The predicted octanol–water partition coefficient (Wildman–Crippen LogP) is 2.14. The topological polar surface area (TPSA) is 76.1 Å². The summed E-state index contributed by atoms with van der Waals surface area (Å²) in [4.78, 5) is 14.3. The Hall–Kier alpha value is -1.28. The lowest BCUT2D eigenvalue weighted by Gasteiger charge is -2.28. The smallest absolute Gasteiger partial charge is 0.247 e. The first-order valence-electron chi connectivity index (χ1n) is 6.91. The lowest BCUT2D eigenvalue weighted by Crippen LogP contribution is -2.31. The van der Waals surface area contributed by atoms with Crippen LogP contribution in [0.1, 0.15) is 16.8 Å². The van der Waals surface area contributed by atoms with Gasteiger partial charge in [-0.2, -0.15) is 0 Å². The Morgan fingerprint density at radius 1 is 1.26 bits per heavy atom. The van der Waals surface area contributed by atoms with Gasteiger partial charge >= 0.3 is 0 Å². The summed E-state index contributed by atoms with van der Waals surface area (Å²) in [5.41, 5.74) is 2.59. The first-order chi connectivity index (χ1) is 10.8. The largest absolute Gasteiger partial charge is 0.293 e. The zero-order valence-corrected chi connectivity index (χ0v) is 14.7. The summed E-state index contributed by atoms with van der Waals surface area (Å²) in [5, 5.41) is 0.598. The molecule has 0 aliphatic carbocycles. The highest BCUT2D eigenvalue weighted by molar-refractivity contribution is 7.90. The Bertz CT molecular complexity index is 858. The number of hydrogen-bond donors (Lipinski definition) is 0. The number of fused-ring (bicyclic) bond motifs is 1. The highest BCUT2D eigenvalue weighted by atomic mass is 35.5. The van der Waals surface area contributed by atoms with Crippen LogP contribution in [0.3, 0.4) is 0 Å². The SMILES string of the molecule is CS(=O)(=O)c1ncc2c(n1)CN(Cc1ccc(Cl)nc1Cl)CC2.